The first-order chi connectivity index (χ1) is 10.8. The van der Waals surface area contributed by atoms with Crippen molar-refractivity contribution in [1.29, 1.82) is 0 Å². The predicted octanol–water partition coefficient (Wildman–Crippen LogP) is 3.05. The summed E-state index contributed by atoms with van der Waals surface area (Å²) in [4.78, 5) is 12.6. The number of halogens is 1. The van der Waals surface area contributed by atoms with E-state index < -0.39 is 5.54 Å². The zero-order valence-corrected chi connectivity index (χ0v) is 15.5. The van der Waals surface area contributed by atoms with Crippen LogP contribution in [0.15, 0.2) is 34.9 Å². The maximum Gasteiger partial charge on any atom is 0.255 e. The molecule has 0 bridgehead atoms. The number of nitrogens with two attached hydrogens (primary N) is 1. The van der Waals surface area contributed by atoms with E-state index in [9.17, 15) is 4.79 Å². The van der Waals surface area contributed by atoms with Crippen molar-refractivity contribution in [2.45, 2.75) is 33.2 Å². The number of hydrogen-bond donors (Lipinski definition) is 2. The Bertz CT molecular complexity index is 710. The lowest BCUT2D eigenvalue weighted by Crippen LogP contribution is -2.55. The van der Waals surface area contributed by atoms with Gasteiger partial charge in [-0.25, -0.2) is 4.68 Å². The zero-order chi connectivity index (χ0) is 17.2. The Hall–Kier alpha value is -1.66. The lowest BCUT2D eigenvalue weighted by Gasteiger charge is -2.33. The molecule has 1 aromatic carbocycles. The van der Waals surface area contributed by atoms with Crippen LogP contribution in [0, 0.1) is 12.8 Å². The van der Waals surface area contributed by atoms with E-state index in [2.05, 4.69) is 26.3 Å². The number of carbonyl (C=O) groups is 1. The molecule has 1 aromatic heterocycles. The average Bonchev–Trinajstić information content (AvgIpc) is 2.88. The average molecular weight is 379 g/mol. The summed E-state index contributed by atoms with van der Waals surface area (Å²) < 4.78 is 2.72. The quantitative estimate of drug-likeness (QED) is 0.839. The molecule has 3 N–H and O–H groups in total. The van der Waals surface area contributed by atoms with E-state index in [1.807, 2.05) is 52.0 Å². The molecule has 1 heterocycles. The highest BCUT2D eigenvalue weighted by Crippen LogP contribution is 2.20. The highest BCUT2D eigenvalue weighted by atomic mass is 79.9. The van der Waals surface area contributed by atoms with Gasteiger partial charge in [-0.1, -0.05) is 35.8 Å². The number of nitrogens with one attached hydrogen (secondary N) is 1. The number of nitrogens with zero attached hydrogens (tertiary/aromatic N) is 2. The van der Waals surface area contributed by atoms with Crippen LogP contribution in [0.2, 0.25) is 0 Å². The maximum atomic E-state index is 12.6. The van der Waals surface area contributed by atoms with E-state index in [0.29, 0.717) is 12.1 Å². The lowest BCUT2D eigenvalue weighted by atomic mass is 9.88. The fraction of sp³-hybridized carbons (Fsp3) is 0.412. The minimum Gasteiger partial charge on any atom is -0.345 e. The first-order valence-corrected chi connectivity index (χ1v) is 8.41. The molecule has 0 aliphatic rings. The van der Waals surface area contributed by atoms with Gasteiger partial charge in [0.1, 0.15) is 0 Å². The fourth-order valence-corrected chi connectivity index (χ4v) is 2.65. The summed E-state index contributed by atoms with van der Waals surface area (Å²) in [5.74, 6) is 0.0854. The van der Waals surface area contributed by atoms with Gasteiger partial charge in [0.05, 0.1) is 28.7 Å². The number of amides is 1. The Balaban J connectivity index is 2.30. The van der Waals surface area contributed by atoms with Gasteiger partial charge in [-0.2, -0.15) is 5.10 Å². The molecular formula is C17H23BrN4O. The zero-order valence-electron chi connectivity index (χ0n) is 13.9. The summed E-state index contributed by atoms with van der Waals surface area (Å²) in [6.45, 7) is 8.33. The van der Waals surface area contributed by atoms with Crippen LogP contribution in [0.1, 0.15) is 36.8 Å². The van der Waals surface area contributed by atoms with Gasteiger partial charge < -0.3 is 11.1 Å². The second-order valence-corrected chi connectivity index (χ2v) is 7.18. The smallest absolute Gasteiger partial charge is 0.255 e. The molecule has 0 fully saturated rings. The van der Waals surface area contributed by atoms with Crippen molar-refractivity contribution >= 4 is 21.8 Å². The van der Waals surface area contributed by atoms with Crippen LogP contribution < -0.4 is 11.1 Å². The predicted molar refractivity (Wildman–Crippen MR) is 95.8 cm³/mol. The van der Waals surface area contributed by atoms with Crippen LogP contribution in [0.5, 0.6) is 0 Å². The second-order valence-electron chi connectivity index (χ2n) is 6.27. The van der Waals surface area contributed by atoms with Crippen molar-refractivity contribution in [3.63, 3.8) is 0 Å². The molecule has 1 atom stereocenters. The van der Waals surface area contributed by atoms with Gasteiger partial charge in [0.25, 0.3) is 5.91 Å². The summed E-state index contributed by atoms with van der Waals surface area (Å²) in [5.41, 5.74) is 7.66. The number of rotatable bonds is 5. The standard InChI is InChI=1S/C17H23BrN4O/c1-11(2)17(4,10-19)21-16(23)15-9-20-22(12(15)3)14-7-5-6-13(18)8-14/h5-9,11H,10,19H2,1-4H3,(H,21,23). The van der Waals surface area contributed by atoms with Crippen LogP contribution in [0.4, 0.5) is 0 Å². The van der Waals surface area contributed by atoms with E-state index in [0.717, 1.165) is 15.9 Å². The summed E-state index contributed by atoms with van der Waals surface area (Å²) in [6.07, 6.45) is 1.60. The molecule has 0 saturated heterocycles. The normalized spacial score (nSPS) is 13.9. The van der Waals surface area contributed by atoms with Gasteiger partial charge in [-0.05, 0) is 38.0 Å². The van der Waals surface area contributed by atoms with Crippen LogP contribution in [-0.4, -0.2) is 27.8 Å². The molecule has 2 rings (SSSR count). The minimum absolute atomic E-state index is 0.148. The topological polar surface area (TPSA) is 72.9 Å². The minimum atomic E-state index is -0.443. The Morgan fingerprint density at radius 2 is 2.17 bits per heavy atom. The maximum absolute atomic E-state index is 12.6. The highest BCUT2D eigenvalue weighted by molar-refractivity contribution is 9.10. The van der Waals surface area contributed by atoms with Gasteiger partial charge in [0.15, 0.2) is 0 Å². The first-order valence-electron chi connectivity index (χ1n) is 7.61. The van der Waals surface area contributed by atoms with Crippen molar-refractivity contribution in [3.8, 4) is 5.69 Å². The molecule has 0 aliphatic heterocycles. The number of benzene rings is 1. The Labute approximate surface area is 145 Å². The van der Waals surface area contributed by atoms with Gasteiger partial charge >= 0.3 is 0 Å². The van der Waals surface area contributed by atoms with Gasteiger partial charge in [0, 0.05) is 11.0 Å². The Morgan fingerprint density at radius 1 is 1.48 bits per heavy atom. The van der Waals surface area contributed by atoms with E-state index >= 15 is 0 Å². The largest absolute Gasteiger partial charge is 0.345 e. The summed E-state index contributed by atoms with van der Waals surface area (Å²) in [6, 6.07) is 7.79. The molecule has 1 unspecified atom stereocenters. The first kappa shape index (κ1) is 17.7. The van der Waals surface area contributed by atoms with Crippen LogP contribution >= 0.6 is 15.9 Å². The third kappa shape index (κ3) is 3.64. The number of hydrogen-bond acceptors (Lipinski definition) is 3. The molecule has 0 aliphatic carbocycles. The third-order valence-corrected chi connectivity index (χ3v) is 4.90. The molecular weight excluding hydrogens is 356 g/mol. The third-order valence-electron chi connectivity index (χ3n) is 4.40. The van der Waals surface area contributed by atoms with E-state index in [1.54, 1.807) is 10.9 Å². The van der Waals surface area contributed by atoms with Gasteiger partial charge in [-0.15, -0.1) is 0 Å². The number of aromatic nitrogens is 2. The molecule has 5 nitrogen and oxygen atoms in total. The molecule has 2 aromatic rings. The van der Waals surface area contributed by atoms with Crippen molar-refractivity contribution in [1.82, 2.24) is 15.1 Å². The SMILES string of the molecule is Cc1c(C(=O)NC(C)(CN)C(C)C)cnn1-c1cccc(Br)c1. The molecule has 124 valence electrons. The number of carbonyl (C=O) groups excluding carboxylic acids is 1. The molecule has 0 spiro atoms. The van der Waals surface area contributed by atoms with E-state index in [-0.39, 0.29) is 11.8 Å². The summed E-state index contributed by atoms with van der Waals surface area (Å²) >= 11 is 3.45. The van der Waals surface area contributed by atoms with Crippen molar-refractivity contribution in [2.75, 3.05) is 6.54 Å². The molecule has 0 radical (unpaired) electrons. The van der Waals surface area contributed by atoms with Crippen LogP contribution in [0.3, 0.4) is 0 Å². The molecule has 0 saturated carbocycles. The Kier molecular flexibility index (Phi) is 5.26. The molecule has 23 heavy (non-hydrogen) atoms. The van der Waals surface area contributed by atoms with Crippen LogP contribution in [-0.2, 0) is 0 Å². The van der Waals surface area contributed by atoms with Gasteiger partial charge in [-0.3, -0.25) is 4.79 Å². The fourth-order valence-electron chi connectivity index (χ4n) is 2.26. The van der Waals surface area contributed by atoms with Gasteiger partial charge in [0.2, 0.25) is 0 Å². The van der Waals surface area contributed by atoms with Crippen molar-refractivity contribution < 1.29 is 4.79 Å². The molecule has 6 heteroatoms. The highest BCUT2D eigenvalue weighted by Gasteiger charge is 2.30. The van der Waals surface area contributed by atoms with E-state index in [1.165, 1.54) is 0 Å². The Morgan fingerprint density at radius 3 is 2.74 bits per heavy atom. The van der Waals surface area contributed by atoms with E-state index in [4.69, 9.17) is 5.73 Å². The lowest BCUT2D eigenvalue weighted by molar-refractivity contribution is 0.0882. The summed E-state index contributed by atoms with van der Waals surface area (Å²) in [7, 11) is 0. The van der Waals surface area contributed by atoms with Crippen LogP contribution in [0.25, 0.3) is 5.69 Å². The van der Waals surface area contributed by atoms with Crippen molar-refractivity contribution in [3.05, 3.63) is 46.2 Å². The van der Waals surface area contributed by atoms with Crippen molar-refractivity contribution in [2.24, 2.45) is 11.7 Å². The monoisotopic (exact) mass is 378 g/mol. The molecule has 1 amide bonds. The summed E-state index contributed by atoms with van der Waals surface area (Å²) in [5, 5.41) is 7.40. The second kappa shape index (κ2) is 6.84.